The van der Waals surface area contributed by atoms with Gasteiger partial charge in [0.2, 0.25) is 0 Å². The molecular formula is C48H84O12S. The second-order valence-electron chi connectivity index (χ2n) is 16.0. The van der Waals surface area contributed by atoms with E-state index < -0.39 is 59.8 Å². The van der Waals surface area contributed by atoms with E-state index in [1.54, 1.807) is 0 Å². The fourth-order valence-corrected chi connectivity index (χ4v) is 7.34. The largest absolute Gasteiger partial charge is 0.457 e. The van der Waals surface area contributed by atoms with Crippen LogP contribution in [-0.2, 0) is 38.3 Å². The summed E-state index contributed by atoms with van der Waals surface area (Å²) < 4.78 is 59.1. The minimum atomic E-state index is -5.07. The van der Waals surface area contributed by atoms with Gasteiger partial charge in [-0.2, -0.15) is 8.42 Å². The molecule has 1 aliphatic rings. The van der Waals surface area contributed by atoms with Crippen molar-refractivity contribution < 1.29 is 56.2 Å². The highest BCUT2D eigenvalue weighted by atomic mass is 32.3. The highest BCUT2D eigenvalue weighted by Crippen LogP contribution is 2.26. The lowest BCUT2D eigenvalue weighted by Crippen LogP contribution is -2.60. The molecule has 0 amide bonds. The van der Waals surface area contributed by atoms with E-state index in [-0.39, 0.29) is 19.6 Å². The molecular weight excluding hydrogens is 801 g/mol. The number of aliphatic hydroxyl groups excluding tert-OH is 3. The summed E-state index contributed by atoms with van der Waals surface area (Å²) in [7, 11) is -5.07. The predicted molar refractivity (Wildman–Crippen MR) is 243 cm³/mol. The van der Waals surface area contributed by atoms with Gasteiger partial charge in [-0.15, -0.1) is 0 Å². The van der Waals surface area contributed by atoms with E-state index in [9.17, 15) is 28.5 Å². The Morgan fingerprint density at radius 1 is 0.639 bits per heavy atom. The number of esters is 1. The molecule has 1 saturated heterocycles. The number of carbonyl (C=O) groups excluding carboxylic acids is 1. The minimum Gasteiger partial charge on any atom is -0.457 e. The molecule has 1 heterocycles. The SMILES string of the molecule is CC/C=C\C/C=C\C/C=C\CCCCCCCC(=O)OC(COCCCCCCCCCC/C=C\C/C=C\CCCCCC)COC1OC(CO)C(O)C(OS(=O)(=O)O)C1O. The summed E-state index contributed by atoms with van der Waals surface area (Å²) in [5.74, 6) is -0.420. The van der Waals surface area contributed by atoms with Crippen LogP contribution in [-0.4, -0.2) is 97.5 Å². The Balaban J connectivity index is 2.42. The number of carbonyl (C=O) groups is 1. The van der Waals surface area contributed by atoms with Gasteiger partial charge >= 0.3 is 16.4 Å². The van der Waals surface area contributed by atoms with Crippen molar-refractivity contribution in [3.63, 3.8) is 0 Å². The van der Waals surface area contributed by atoms with E-state index in [0.29, 0.717) is 13.0 Å². The van der Waals surface area contributed by atoms with Crippen LogP contribution in [0.25, 0.3) is 0 Å². The van der Waals surface area contributed by atoms with E-state index in [4.69, 9.17) is 23.5 Å². The maximum Gasteiger partial charge on any atom is 0.397 e. The third-order valence-corrected chi connectivity index (χ3v) is 10.8. The average molecular weight is 885 g/mol. The summed E-state index contributed by atoms with van der Waals surface area (Å²) in [4.78, 5) is 12.9. The molecule has 13 heteroatoms. The topological polar surface area (TPSA) is 178 Å². The van der Waals surface area contributed by atoms with Gasteiger partial charge in [0.1, 0.15) is 30.5 Å². The number of allylic oxidation sites excluding steroid dienone is 10. The Kier molecular flexibility index (Phi) is 36.7. The predicted octanol–water partition coefficient (Wildman–Crippen LogP) is 10.1. The van der Waals surface area contributed by atoms with Crippen LogP contribution in [0.1, 0.15) is 174 Å². The molecule has 6 unspecified atom stereocenters. The Hall–Kier alpha value is -2.20. The van der Waals surface area contributed by atoms with Crippen LogP contribution >= 0.6 is 0 Å². The molecule has 0 spiro atoms. The molecule has 1 fully saturated rings. The van der Waals surface area contributed by atoms with Gasteiger partial charge in [0.15, 0.2) is 6.29 Å². The standard InChI is InChI=1S/C48H84O12S/c1-3-5-7-9-11-13-15-17-19-20-21-22-24-26-28-30-32-34-36-38-56-40-42(41-57-48-46(52)47(60-61(53,54)55)45(51)43(39-49)59-48)58-44(50)37-35-33-31-29-27-25-23-18-16-14-12-10-8-6-4-2/h6,8,12-15,18-20,23,42-43,45-49,51-52H,3-5,7,9-11,16-17,21-22,24-41H2,1-2H3,(H,53,54,55)/b8-6-,14-12-,15-13-,20-19-,23-18-. The van der Waals surface area contributed by atoms with Gasteiger partial charge in [0.05, 0.1) is 19.8 Å². The van der Waals surface area contributed by atoms with Crippen molar-refractivity contribution in [2.24, 2.45) is 0 Å². The fourth-order valence-electron chi connectivity index (χ4n) is 6.83. The van der Waals surface area contributed by atoms with Crippen molar-refractivity contribution in [2.75, 3.05) is 26.4 Å². The van der Waals surface area contributed by atoms with Gasteiger partial charge in [0, 0.05) is 13.0 Å². The zero-order valence-corrected chi connectivity index (χ0v) is 38.5. The van der Waals surface area contributed by atoms with Crippen molar-refractivity contribution in [2.45, 2.75) is 211 Å². The molecule has 0 bridgehead atoms. The molecule has 0 aliphatic carbocycles. The number of hydrogen-bond donors (Lipinski definition) is 4. The zero-order valence-electron chi connectivity index (χ0n) is 37.7. The van der Waals surface area contributed by atoms with Crippen LogP contribution < -0.4 is 0 Å². The molecule has 0 aromatic rings. The quantitative estimate of drug-likeness (QED) is 0.0198. The molecule has 354 valence electrons. The number of ether oxygens (including phenoxy) is 4. The lowest BCUT2D eigenvalue weighted by atomic mass is 9.99. The van der Waals surface area contributed by atoms with Crippen LogP contribution in [0.4, 0.5) is 0 Å². The van der Waals surface area contributed by atoms with E-state index in [2.05, 4.69) is 78.8 Å². The third kappa shape index (κ3) is 33.0. The second kappa shape index (κ2) is 39.4. The average Bonchev–Trinajstić information content (AvgIpc) is 3.23. The number of unbranched alkanes of at least 4 members (excludes halogenated alkanes) is 17. The Bertz CT molecular complexity index is 1300. The maximum absolute atomic E-state index is 12.9. The summed E-state index contributed by atoms with van der Waals surface area (Å²) >= 11 is 0. The van der Waals surface area contributed by atoms with Gasteiger partial charge in [-0.25, -0.2) is 4.18 Å². The van der Waals surface area contributed by atoms with E-state index >= 15 is 0 Å². The first kappa shape index (κ1) is 56.8. The third-order valence-electron chi connectivity index (χ3n) is 10.4. The Morgan fingerprint density at radius 3 is 1.66 bits per heavy atom. The van der Waals surface area contributed by atoms with Crippen molar-refractivity contribution >= 4 is 16.4 Å². The van der Waals surface area contributed by atoms with Crippen LogP contribution in [0, 0.1) is 0 Å². The number of aliphatic hydroxyl groups is 3. The van der Waals surface area contributed by atoms with E-state index in [1.807, 2.05) is 0 Å². The summed E-state index contributed by atoms with van der Waals surface area (Å²) in [5, 5.41) is 30.7. The second-order valence-corrected chi connectivity index (χ2v) is 17.0. The van der Waals surface area contributed by atoms with Crippen molar-refractivity contribution in [3.05, 3.63) is 60.8 Å². The molecule has 6 atom stereocenters. The molecule has 4 N–H and O–H groups in total. The lowest BCUT2D eigenvalue weighted by molar-refractivity contribution is -0.301. The molecule has 61 heavy (non-hydrogen) atoms. The lowest BCUT2D eigenvalue weighted by Gasteiger charge is -2.41. The number of hydrogen-bond acceptors (Lipinski definition) is 11. The zero-order chi connectivity index (χ0) is 44.7. The maximum atomic E-state index is 12.9. The first-order valence-corrected chi connectivity index (χ1v) is 24.9. The normalized spacial score (nSPS) is 20.7. The van der Waals surface area contributed by atoms with Gasteiger partial charge < -0.3 is 34.3 Å². The first-order chi connectivity index (χ1) is 29.6. The van der Waals surface area contributed by atoms with E-state index in [1.165, 1.54) is 64.2 Å². The van der Waals surface area contributed by atoms with Crippen LogP contribution in [0.3, 0.4) is 0 Å². The Morgan fingerprint density at radius 2 is 1.13 bits per heavy atom. The van der Waals surface area contributed by atoms with Crippen LogP contribution in [0.5, 0.6) is 0 Å². The monoisotopic (exact) mass is 885 g/mol. The summed E-state index contributed by atoms with van der Waals surface area (Å²) in [6.07, 6.45) is 39.6. The number of rotatable bonds is 40. The van der Waals surface area contributed by atoms with Crippen LogP contribution in [0.15, 0.2) is 60.8 Å². The summed E-state index contributed by atoms with van der Waals surface area (Å²) in [5.41, 5.74) is 0. The molecule has 12 nitrogen and oxygen atoms in total. The summed E-state index contributed by atoms with van der Waals surface area (Å²) in [6, 6.07) is 0. The molecule has 1 rings (SSSR count). The summed E-state index contributed by atoms with van der Waals surface area (Å²) in [6.45, 7) is 3.82. The van der Waals surface area contributed by atoms with Gasteiger partial charge in [0.25, 0.3) is 0 Å². The molecule has 1 aliphatic heterocycles. The molecule has 0 radical (unpaired) electrons. The van der Waals surface area contributed by atoms with Crippen LogP contribution in [0.2, 0.25) is 0 Å². The highest BCUT2D eigenvalue weighted by Gasteiger charge is 2.48. The Labute approximate surface area is 369 Å². The van der Waals surface area contributed by atoms with E-state index in [0.717, 1.165) is 83.5 Å². The van der Waals surface area contributed by atoms with Gasteiger partial charge in [-0.1, -0.05) is 152 Å². The smallest absolute Gasteiger partial charge is 0.397 e. The van der Waals surface area contributed by atoms with Crippen molar-refractivity contribution in [1.82, 2.24) is 0 Å². The van der Waals surface area contributed by atoms with Gasteiger partial charge in [-0.05, 0) is 77.0 Å². The van der Waals surface area contributed by atoms with Crippen molar-refractivity contribution in [1.29, 1.82) is 0 Å². The molecule has 0 aromatic carbocycles. The van der Waals surface area contributed by atoms with Gasteiger partial charge in [-0.3, -0.25) is 9.35 Å². The minimum absolute atomic E-state index is 0.0224. The first-order valence-electron chi connectivity index (χ1n) is 23.5. The van der Waals surface area contributed by atoms with Crippen molar-refractivity contribution in [3.8, 4) is 0 Å². The fraction of sp³-hybridized carbons (Fsp3) is 0.771. The molecule has 0 saturated carbocycles. The highest BCUT2D eigenvalue weighted by molar-refractivity contribution is 7.80. The molecule has 0 aromatic heterocycles.